The summed E-state index contributed by atoms with van der Waals surface area (Å²) in [5.41, 5.74) is 4.69. The molecule has 0 aromatic carbocycles. The van der Waals surface area contributed by atoms with Crippen LogP contribution in [0.3, 0.4) is 0 Å². The van der Waals surface area contributed by atoms with Gasteiger partial charge in [0, 0.05) is 18.9 Å². The van der Waals surface area contributed by atoms with E-state index in [0.29, 0.717) is 0 Å². The molecule has 0 saturated heterocycles. The SMILES string of the molecule is Cc1cn(C)c2c1CCCC2. The summed E-state index contributed by atoms with van der Waals surface area (Å²) in [7, 11) is 2.16. The molecular weight excluding hydrogens is 134 g/mol. The normalized spacial score (nSPS) is 16.5. The smallest absolute Gasteiger partial charge is 0.0206 e. The van der Waals surface area contributed by atoms with Crippen LogP contribution in [0.2, 0.25) is 0 Å². The van der Waals surface area contributed by atoms with Gasteiger partial charge in [0.15, 0.2) is 0 Å². The molecule has 0 radical (unpaired) electrons. The average molecular weight is 149 g/mol. The molecule has 1 heterocycles. The van der Waals surface area contributed by atoms with Crippen molar-refractivity contribution < 1.29 is 0 Å². The minimum atomic E-state index is 1.29. The van der Waals surface area contributed by atoms with E-state index in [-0.39, 0.29) is 0 Å². The Morgan fingerprint density at radius 3 is 2.73 bits per heavy atom. The molecule has 0 unspecified atom stereocenters. The van der Waals surface area contributed by atoms with Crippen LogP contribution in [0.1, 0.15) is 29.7 Å². The fraction of sp³-hybridized carbons (Fsp3) is 0.600. The van der Waals surface area contributed by atoms with Crippen LogP contribution in [0.5, 0.6) is 0 Å². The van der Waals surface area contributed by atoms with Crippen LogP contribution in [-0.4, -0.2) is 4.57 Å². The van der Waals surface area contributed by atoms with E-state index in [1.54, 1.807) is 11.3 Å². The molecule has 1 aromatic rings. The lowest BCUT2D eigenvalue weighted by Gasteiger charge is -2.13. The summed E-state index contributed by atoms with van der Waals surface area (Å²) in [6, 6.07) is 0. The van der Waals surface area contributed by atoms with Crippen molar-refractivity contribution in [2.45, 2.75) is 32.6 Å². The molecule has 1 aliphatic rings. The van der Waals surface area contributed by atoms with E-state index in [4.69, 9.17) is 0 Å². The summed E-state index contributed by atoms with van der Waals surface area (Å²) < 4.78 is 2.30. The van der Waals surface area contributed by atoms with Crippen LogP contribution in [0.4, 0.5) is 0 Å². The molecular formula is C10H15N. The van der Waals surface area contributed by atoms with Crippen LogP contribution in [0.25, 0.3) is 0 Å². The maximum atomic E-state index is 2.30. The van der Waals surface area contributed by atoms with Gasteiger partial charge in [-0.05, 0) is 43.7 Å². The Morgan fingerprint density at radius 1 is 1.27 bits per heavy atom. The number of fused-ring (bicyclic) bond motifs is 1. The first-order chi connectivity index (χ1) is 5.29. The largest absolute Gasteiger partial charge is 0.354 e. The summed E-state index contributed by atoms with van der Waals surface area (Å²) in [4.78, 5) is 0. The Morgan fingerprint density at radius 2 is 2.00 bits per heavy atom. The lowest BCUT2D eigenvalue weighted by atomic mass is 9.96. The lowest BCUT2D eigenvalue weighted by molar-refractivity contribution is 0.647. The molecule has 0 saturated carbocycles. The van der Waals surface area contributed by atoms with Crippen LogP contribution < -0.4 is 0 Å². The van der Waals surface area contributed by atoms with E-state index in [2.05, 4.69) is 24.7 Å². The van der Waals surface area contributed by atoms with Gasteiger partial charge in [-0.25, -0.2) is 0 Å². The first-order valence-corrected chi connectivity index (χ1v) is 4.42. The number of hydrogen-bond donors (Lipinski definition) is 0. The van der Waals surface area contributed by atoms with Crippen LogP contribution >= 0.6 is 0 Å². The molecule has 1 heteroatoms. The highest BCUT2D eigenvalue weighted by Gasteiger charge is 2.14. The summed E-state index contributed by atoms with van der Waals surface area (Å²) in [5, 5.41) is 0. The molecule has 1 nitrogen and oxygen atoms in total. The third kappa shape index (κ3) is 0.991. The zero-order chi connectivity index (χ0) is 7.84. The standard InChI is InChI=1S/C10H15N/c1-8-7-11(2)10-6-4-3-5-9(8)10/h7H,3-6H2,1-2H3. The zero-order valence-electron chi connectivity index (χ0n) is 7.35. The topological polar surface area (TPSA) is 4.93 Å². The molecule has 0 bridgehead atoms. The number of aromatic nitrogens is 1. The molecule has 1 aromatic heterocycles. The Balaban J connectivity index is 2.52. The Kier molecular flexibility index (Phi) is 1.52. The molecule has 0 aliphatic heterocycles. The van der Waals surface area contributed by atoms with Crippen molar-refractivity contribution in [3.8, 4) is 0 Å². The van der Waals surface area contributed by atoms with Crippen molar-refractivity contribution in [2.75, 3.05) is 0 Å². The first-order valence-electron chi connectivity index (χ1n) is 4.42. The van der Waals surface area contributed by atoms with Crippen molar-refractivity contribution in [2.24, 2.45) is 7.05 Å². The highest BCUT2D eigenvalue weighted by Crippen LogP contribution is 2.24. The third-order valence-electron chi connectivity index (χ3n) is 2.73. The van der Waals surface area contributed by atoms with Gasteiger partial charge in [-0.1, -0.05) is 0 Å². The number of nitrogens with zero attached hydrogens (tertiary/aromatic N) is 1. The van der Waals surface area contributed by atoms with Gasteiger partial charge in [0.1, 0.15) is 0 Å². The molecule has 11 heavy (non-hydrogen) atoms. The second kappa shape index (κ2) is 2.40. The van der Waals surface area contributed by atoms with Crippen molar-refractivity contribution in [3.05, 3.63) is 23.0 Å². The van der Waals surface area contributed by atoms with Gasteiger partial charge < -0.3 is 4.57 Å². The number of hydrogen-bond acceptors (Lipinski definition) is 0. The predicted octanol–water partition coefficient (Wildman–Crippen LogP) is 2.21. The van der Waals surface area contributed by atoms with E-state index in [0.717, 1.165) is 0 Å². The van der Waals surface area contributed by atoms with E-state index < -0.39 is 0 Å². The van der Waals surface area contributed by atoms with E-state index in [1.807, 2.05) is 0 Å². The monoisotopic (exact) mass is 149 g/mol. The summed E-state index contributed by atoms with van der Waals surface area (Å²) in [6.07, 6.45) is 7.62. The second-order valence-corrected chi connectivity index (χ2v) is 3.56. The van der Waals surface area contributed by atoms with Gasteiger partial charge >= 0.3 is 0 Å². The fourth-order valence-electron chi connectivity index (χ4n) is 2.15. The van der Waals surface area contributed by atoms with Gasteiger partial charge in [0.2, 0.25) is 0 Å². The fourth-order valence-corrected chi connectivity index (χ4v) is 2.15. The minimum absolute atomic E-state index is 1.29. The number of rotatable bonds is 0. The molecule has 0 spiro atoms. The van der Waals surface area contributed by atoms with Crippen LogP contribution in [0, 0.1) is 6.92 Å². The van der Waals surface area contributed by atoms with E-state index >= 15 is 0 Å². The molecule has 0 fully saturated rings. The molecule has 60 valence electrons. The molecule has 2 rings (SSSR count). The first kappa shape index (κ1) is 6.96. The zero-order valence-corrected chi connectivity index (χ0v) is 7.35. The third-order valence-corrected chi connectivity index (χ3v) is 2.73. The lowest BCUT2D eigenvalue weighted by Crippen LogP contribution is -2.04. The molecule has 0 N–H and O–H groups in total. The maximum Gasteiger partial charge on any atom is 0.0206 e. The van der Waals surface area contributed by atoms with E-state index in [9.17, 15) is 0 Å². The minimum Gasteiger partial charge on any atom is -0.354 e. The Labute approximate surface area is 68.0 Å². The highest BCUT2D eigenvalue weighted by molar-refractivity contribution is 5.32. The quantitative estimate of drug-likeness (QED) is 0.533. The van der Waals surface area contributed by atoms with E-state index in [1.165, 1.54) is 31.2 Å². The van der Waals surface area contributed by atoms with Crippen molar-refractivity contribution in [1.29, 1.82) is 0 Å². The summed E-state index contributed by atoms with van der Waals surface area (Å²) in [6.45, 7) is 2.23. The molecule has 1 aliphatic carbocycles. The van der Waals surface area contributed by atoms with Gasteiger partial charge in [0.05, 0.1) is 0 Å². The second-order valence-electron chi connectivity index (χ2n) is 3.56. The van der Waals surface area contributed by atoms with Crippen molar-refractivity contribution >= 4 is 0 Å². The highest BCUT2D eigenvalue weighted by atomic mass is 14.9. The van der Waals surface area contributed by atoms with Gasteiger partial charge in [-0.2, -0.15) is 0 Å². The molecule has 0 amide bonds. The van der Waals surface area contributed by atoms with Crippen molar-refractivity contribution in [1.82, 2.24) is 4.57 Å². The molecule has 0 atom stereocenters. The Hall–Kier alpha value is -0.720. The summed E-state index contributed by atoms with van der Waals surface area (Å²) >= 11 is 0. The van der Waals surface area contributed by atoms with Gasteiger partial charge in [-0.15, -0.1) is 0 Å². The van der Waals surface area contributed by atoms with Gasteiger partial charge in [-0.3, -0.25) is 0 Å². The Bertz CT molecular complexity index is 244. The van der Waals surface area contributed by atoms with Gasteiger partial charge in [0.25, 0.3) is 0 Å². The summed E-state index contributed by atoms with van der Waals surface area (Å²) in [5.74, 6) is 0. The maximum absolute atomic E-state index is 2.30. The van der Waals surface area contributed by atoms with Crippen LogP contribution in [-0.2, 0) is 19.9 Å². The van der Waals surface area contributed by atoms with Crippen LogP contribution in [0.15, 0.2) is 6.20 Å². The van der Waals surface area contributed by atoms with Crippen molar-refractivity contribution in [3.63, 3.8) is 0 Å². The predicted molar refractivity (Wildman–Crippen MR) is 46.8 cm³/mol. The number of aryl methyl sites for hydroxylation is 2. The average Bonchev–Trinajstić information content (AvgIpc) is 2.30.